The quantitative estimate of drug-likeness (QED) is 0.842. The van der Waals surface area contributed by atoms with Gasteiger partial charge in [-0.25, -0.2) is 0 Å². The molecule has 1 N–H and O–H groups in total. The molecule has 0 spiro atoms. The Morgan fingerprint density at radius 3 is 3.14 bits per heavy atom. The molecule has 2 heterocycles. The standard InChI is InChI=1S/C18H29N3/c1-15-7-2-3-13-21(15)14-6-12-19-17-10-4-8-16-9-5-11-20-18(16)17/h5,9,11,15,17,19H,2-4,6-8,10,12-14H2,1H3. The molecule has 2 unspecified atom stereocenters. The maximum atomic E-state index is 4.61. The lowest BCUT2D eigenvalue weighted by Crippen LogP contribution is -2.39. The van der Waals surface area contributed by atoms with Crippen molar-refractivity contribution >= 4 is 0 Å². The number of aromatic nitrogens is 1. The first-order valence-corrected chi connectivity index (χ1v) is 8.76. The van der Waals surface area contributed by atoms with Crippen LogP contribution in [0, 0.1) is 0 Å². The van der Waals surface area contributed by atoms with Gasteiger partial charge < -0.3 is 10.2 Å². The van der Waals surface area contributed by atoms with Gasteiger partial charge in [0.1, 0.15) is 0 Å². The Bertz CT molecular complexity index is 446. The van der Waals surface area contributed by atoms with E-state index in [4.69, 9.17) is 0 Å². The third kappa shape index (κ3) is 3.83. The third-order valence-corrected chi connectivity index (χ3v) is 5.15. The van der Waals surface area contributed by atoms with Crippen molar-refractivity contribution in [1.82, 2.24) is 15.2 Å². The number of nitrogens with one attached hydrogen (secondary N) is 1. The van der Waals surface area contributed by atoms with E-state index < -0.39 is 0 Å². The van der Waals surface area contributed by atoms with E-state index in [0.29, 0.717) is 6.04 Å². The fourth-order valence-electron chi connectivity index (χ4n) is 3.86. The van der Waals surface area contributed by atoms with Gasteiger partial charge >= 0.3 is 0 Å². The van der Waals surface area contributed by atoms with Crippen LogP contribution in [-0.4, -0.2) is 35.6 Å². The van der Waals surface area contributed by atoms with Crippen LogP contribution in [-0.2, 0) is 6.42 Å². The van der Waals surface area contributed by atoms with Crippen LogP contribution in [0.2, 0.25) is 0 Å². The topological polar surface area (TPSA) is 28.2 Å². The molecule has 0 amide bonds. The smallest absolute Gasteiger partial charge is 0.0605 e. The van der Waals surface area contributed by atoms with Gasteiger partial charge in [-0.2, -0.15) is 0 Å². The number of likely N-dealkylation sites (tertiary alicyclic amines) is 1. The second-order valence-electron chi connectivity index (χ2n) is 6.68. The maximum Gasteiger partial charge on any atom is 0.0605 e. The summed E-state index contributed by atoms with van der Waals surface area (Å²) in [4.78, 5) is 7.27. The van der Waals surface area contributed by atoms with E-state index in [1.807, 2.05) is 6.20 Å². The van der Waals surface area contributed by atoms with Crippen molar-refractivity contribution in [2.75, 3.05) is 19.6 Å². The van der Waals surface area contributed by atoms with Crippen LogP contribution >= 0.6 is 0 Å². The van der Waals surface area contributed by atoms with Gasteiger partial charge in [-0.15, -0.1) is 0 Å². The fourth-order valence-corrected chi connectivity index (χ4v) is 3.86. The molecule has 3 rings (SSSR count). The Morgan fingerprint density at radius 2 is 2.24 bits per heavy atom. The molecule has 2 aliphatic rings. The molecule has 0 radical (unpaired) electrons. The molecule has 116 valence electrons. The summed E-state index contributed by atoms with van der Waals surface area (Å²) in [7, 11) is 0. The van der Waals surface area contributed by atoms with Gasteiger partial charge in [0.05, 0.1) is 5.69 Å². The minimum atomic E-state index is 0.480. The van der Waals surface area contributed by atoms with Gasteiger partial charge in [-0.1, -0.05) is 12.5 Å². The Hall–Kier alpha value is -0.930. The highest BCUT2D eigenvalue weighted by molar-refractivity contribution is 5.25. The molecule has 1 aromatic heterocycles. The molecule has 3 nitrogen and oxygen atoms in total. The number of hydrogen-bond donors (Lipinski definition) is 1. The highest BCUT2D eigenvalue weighted by Crippen LogP contribution is 2.27. The Kier molecular flexibility index (Phi) is 5.26. The minimum absolute atomic E-state index is 0.480. The molecule has 1 aromatic rings. The zero-order chi connectivity index (χ0) is 14.5. The van der Waals surface area contributed by atoms with Crippen molar-refractivity contribution in [2.24, 2.45) is 0 Å². The minimum Gasteiger partial charge on any atom is -0.309 e. The molecular formula is C18H29N3. The summed E-state index contributed by atoms with van der Waals surface area (Å²) in [6.07, 6.45) is 11.1. The average Bonchev–Trinajstić information content (AvgIpc) is 2.53. The first-order chi connectivity index (χ1) is 10.3. The number of rotatable bonds is 5. The number of aryl methyl sites for hydroxylation is 1. The lowest BCUT2D eigenvalue weighted by atomic mass is 9.92. The number of pyridine rings is 1. The first kappa shape index (κ1) is 15.0. The number of fused-ring (bicyclic) bond motifs is 1. The van der Waals surface area contributed by atoms with Gasteiger partial charge in [0.15, 0.2) is 0 Å². The third-order valence-electron chi connectivity index (χ3n) is 5.15. The van der Waals surface area contributed by atoms with E-state index in [2.05, 4.69) is 34.3 Å². The lowest BCUT2D eigenvalue weighted by Gasteiger charge is -2.33. The summed E-state index contributed by atoms with van der Waals surface area (Å²) in [6, 6.07) is 5.58. The maximum absolute atomic E-state index is 4.61. The van der Waals surface area contributed by atoms with E-state index in [0.717, 1.165) is 12.6 Å². The van der Waals surface area contributed by atoms with Gasteiger partial charge in [0, 0.05) is 18.3 Å². The molecule has 21 heavy (non-hydrogen) atoms. The summed E-state index contributed by atoms with van der Waals surface area (Å²) >= 11 is 0. The predicted octanol–water partition coefficient (Wildman–Crippen LogP) is 3.31. The zero-order valence-electron chi connectivity index (χ0n) is 13.4. The largest absolute Gasteiger partial charge is 0.309 e. The first-order valence-electron chi connectivity index (χ1n) is 8.76. The van der Waals surface area contributed by atoms with Crippen LogP contribution < -0.4 is 5.32 Å². The average molecular weight is 287 g/mol. The van der Waals surface area contributed by atoms with Gasteiger partial charge in [-0.3, -0.25) is 4.98 Å². The summed E-state index contributed by atoms with van der Waals surface area (Å²) in [5, 5.41) is 3.74. The van der Waals surface area contributed by atoms with Gasteiger partial charge in [0.2, 0.25) is 0 Å². The van der Waals surface area contributed by atoms with E-state index in [-0.39, 0.29) is 0 Å². The molecule has 0 aromatic carbocycles. The molecule has 1 aliphatic carbocycles. The van der Waals surface area contributed by atoms with Crippen molar-refractivity contribution < 1.29 is 0 Å². The van der Waals surface area contributed by atoms with Crippen LogP contribution in [0.15, 0.2) is 18.3 Å². The summed E-state index contributed by atoms with van der Waals surface area (Å²) in [5.41, 5.74) is 2.75. The molecule has 1 fully saturated rings. The fraction of sp³-hybridized carbons (Fsp3) is 0.722. The van der Waals surface area contributed by atoms with Crippen LogP contribution in [0.5, 0.6) is 0 Å². The zero-order valence-corrected chi connectivity index (χ0v) is 13.4. The molecule has 0 saturated carbocycles. The van der Waals surface area contributed by atoms with Gasteiger partial charge in [-0.05, 0) is 76.7 Å². The molecule has 1 aliphatic heterocycles. The van der Waals surface area contributed by atoms with Crippen LogP contribution in [0.1, 0.15) is 62.7 Å². The van der Waals surface area contributed by atoms with Crippen molar-refractivity contribution in [2.45, 2.75) is 64.0 Å². The van der Waals surface area contributed by atoms with E-state index in [9.17, 15) is 0 Å². The van der Waals surface area contributed by atoms with E-state index in [1.54, 1.807) is 0 Å². The van der Waals surface area contributed by atoms with Crippen LogP contribution in [0.4, 0.5) is 0 Å². The molecule has 1 saturated heterocycles. The SMILES string of the molecule is CC1CCCCN1CCCNC1CCCc2cccnc21. The molecular weight excluding hydrogens is 258 g/mol. The van der Waals surface area contributed by atoms with Crippen molar-refractivity contribution in [3.63, 3.8) is 0 Å². The van der Waals surface area contributed by atoms with Gasteiger partial charge in [0.25, 0.3) is 0 Å². The van der Waals surface area contributed by atoms with Crippen molar-refractivity contribution in [3.8, 4) is 0 Å². The Labute approximate surface area is 129 Å². The normalized spacial score (nSPS) is 26.5. The summed E-state index contributed by atoms with van der Waals surface area (Å²) < 4.78 is 0. The Balaban J connectivity index is 1.44. The van der Waals surface area contributed by atoms with Crippen LogP contribution in [0.25, 0.3) is 0 Å². The molecule has 0 bridgehead atoms. The van der Waals surface area contributed by atoms with Crippen molar-refractivity contribution in [1.29, 1.82) is 0 Å². The second kappa shape index (κ2) is 7.37. The lowest BCUT2D eigenvalue weighted by molar-refractivity contribution is 0.158. The van der Waals surface area contributed by atoms with Crippen molar-refractivity contribution in [3.05, 3.63) is 29.6 Å². The van der Waals surface area contributed by atoms with E-state index >= 15 is 0 Å². The highest BCUT2D eigenvalue weighted by Gasteiger charge is 2.21. The predicted molar refractivity (Wildman–Crippen MR) is 87.4 cm³/mol. The second-order valence-corrected chi connectivity index (χ2v) is 6.68. The monoisotopic (exact) mass is 287 g/mol. The molecule has 3 heteroatoms. The summed E-state index contributed by atoms with van der Waals surface area (Å²) in [6.45, 7) is 6.04. The number of hydrogen-bond acceptors (Lipinski definition) is 3. The van der Waals surface area contributed by atoms with E-state index in [1.165, 1.54) is 69.3 Å². The number of nitrogens with zero attached hydrogens (tertiary/aromatic N) is 2. The van der Waals surface area contributed by atoms with Crippen LogP contribution in [0.3, 0.4) is 0 Å². The molecule has 2 atom stereocenters. The highest BCUT2D eigenvalue weighted by atomic mass is 15.2. The Morgan fingerprint density at radius 1 is 1.29 bits per heavy atom. The summed E-state index contributed by atoms with van der Waals surface area (Å²) in [5.74, 6) is 0. The number of piperidine rings is 1.